The number of hydrogen-bond donors (Lipinski definition) is 1. The maximum atomic E-state index is 12.2. The number of tetrazole rings is 1. The number of hydrogen-bond acceptors (Lipinski definition) is 6. The van der Waals surface area contributed by atoms with Crippen LogP contribution in [0.5, 0.6) is 0 Å². The van der Waals surface area contributed by atoms with Crippen molar-refractivity contribution in [3.05, 3.63) is 29.8 Å². The largest absolute Gasteiger partial charge is 0.379 e. The number of nitrogens with one attached hydrogen (secondary N) is 1. The molecule has 0 spiro atoms. The topological polar surface area (TPSA) is 91.2 Å². The molecule has 1 aromatic carbocycles. The maximum absolute atomic E-state index is 12.2. The number of carbonyl (C=O) groups is 1. The van der Waals surface area contributed by atoms with Gasteiger partial charge in [-0.15, -0.1) is 10.2 Å². The molecule has 1 N–H and O–H groups in total. The summed E-state index contributed by atoms with van der Waals surface area (Å²) in [5.74, 6) is 0.305. The van der Waals surface area contributed by atoms with Crippen molar-refractivity contribution in [2.45, 2.75) is 32.0 Å². The van der Waals surface area contributed by atoms with Gasteiger partial charge in [0.1, 0.15) is 6.54 Å². The number of rotatable bonds is 5. The Morgan fingerprint density at radius 1 is 1.42 bits per heavy atom. The second kappa shape index (κ2) is 7.50. The summed E-state index contributed by atoms with van der Waals surface area (Å²) in [4.78, 5) is 13.5. The van der Waals surface area contributed by atoms with Crippen molar-refractivity contribution < 1.29 is 14.3 Å². The number of nitrogens with zero attached hydrogens (tertiary/aromatic N) is 4. The van der Waals surface area contributed by atoms with E-state index in [2.05, 4.69) is 20.7 Å². The average molecular weight is 331 g/mol. The monoisotopic (exact) mass is 331 g/mol. The smallest absolute Gasteiger partial charge is 0.244 e. The lowest BCUT2D eigenvalue weighted by molar-refractivity contribution is -0.126. The van der Waals surface area contributed by atoms with Crippen LogP contribution in [-0.4, -0.2) is 58.6 Å². The van der Waals surface area contributed by atoms with E-state index >= 15 is 0 Å². The van der Waals surface area contributed by atoms with Gasteiger partial charge in [-0.1, -0.05) is 29.8 Å². The number of amides is 1. The maximum Gasteiger partial charge on any atom is 0.244 e. The first kappa shape index (κ1) is 16.5. The van der Waals surface area contributed by atoms with E-state index in [-0.39, 0.29) is 24.6 Å². The van der Waals surface area contributed by atoms with Crippen LogP contribution < -0.4 is 5.32 Å². The molecule has 1 saturated heterocycles. The van der Waals surface area contributed by atoms with E-state index in [1.165, 1.54) is 4.80 Å². The van der Waals surface area contributed by atoms with Crippen molar-refractivity contribution in [2.24, 2.45) is 0 Å². The molecule has 1 aliphatic rings. The zero-order chi connectivity index (χ0) is 16.9. The zero-order valence-electron chi connectivity index (χ0n) is 13.8. The summed E-state index contributed by atoms with van der Waals surface area (Å²) in [6, 6.07) is 7.67. The highest BCUT2D eigenvalue weighted by Gasteiger charge is 2.27. The van der Waals surface area contributed by atoms with Gasteiger partial charge in [-0.2, -0.15) is 4.80 Å². The van der Waals surface area contributed by atoms with Gasteiger partial charge >= 0.3 is 0 Å². The Kier molecular flexibility index (Phi) is 5.17. The Bertz CT molecular complexity index is 685. The van der Waals surface area contributed by atoms with Gasteiger partial charge in [0.15, 0.2) is 0 Å². The number of aryl methyl sites for hydroxylation is 1. The van der Waals surface area contributed by atoms with Crippen molar-refractivity contribution in [3.8, 4) is 11.4 Å². The lowest BCUT2D eigenvalue weighted by Gasteiger charge is -2.30. The van der Waals surface area contributed by atoms with E-state index in [0.717, 1.165) is 17.5 Å². The minimum Gasteiger partial charge on any atom is -0.379 e. The van der Waals surface area contributed by atoms with Crippen LogP contribution in [0.15, 0.2) is 24.3 Å². The van der Waals surface area contributed by atoms with Gasteiger partial charge in [0.2, 0.25) is 11.7 Å². The number of methoxy groups -OCH3 is 1. The fourth-order valence-corrected chi connectivity index (χ4v) is 2.64. The van der Waals surface area contributed by atoms with Crippen LogP contribution in [0.4, 0.5) is 0 Å². The predicted octanol–water partition coefficient (Wildman–Crippen LogP) is 0.569. The molecule has 1 fully saturated rings. The van der Waals surface area contributed by atoms with Gasteiger partial charge in [0, 0.05) is 19.3 Å². The van der Waals surface area contributed by atoms with E-state index in [4.69, 9.17) is 9.47 Å². The molecule has 1 aromatic heterocycles. The normalized spacial score (nSPS) is 20.8. The van der Waals surface area contributed by atoms with Crippen LogP contribution in [0.25, 0.3) is 11.4 Å². The molecule has 8 nitrogen and oxygen atoms in total. The Labute approximate surface area is 140 Å². The molecule has 1 aliphatic heterocycles. The second-order valence-corrected chi connectivity index (χ2v) is 5.82. The van der Waals surface area contributed by atoms with Crippen molar-refractivity contribution >= 4 is 5.91 Å². The average Bonchev–Trinajstić information content (AvgIpc) is 3.04. The molecule has 0 saturated carbocycles. The van der Waals surface area contributed by atoms with Gasteiger partial charge in [-0.05, 0) is 18.6 Å². The minimum absolute atomic E-state index is 0.00575. The van der Waals surface area contributed by atoms with Crippen molar-refractivity contribution in [2.75, 3.05) is 20.3 Å². The summed E-state index contributed by atoms with van der Waals surface area (Å²) >= 11 is 0. The molecule has 2 aromatic rings. The van der Waals surface area contributed by atoms with E-state index in [1.807, 2.05) is 31.2 Å². The van der Waals surface area contributed by atoms with Crippen molar-refractivity contribution in [1.29, 1.82) is 0 Å². The van der Waals surface area contributed by atoms with Crippen LogP contribution in [-0.2, 0) is 20.8 Å². The molecule has 0 unspecified atom stereocenters. The first-order valence-electron chi connectivity index (χ1n) is 7.90. The van der Waals surface area contributed by atoms with Crippen LogP contribution in [0, 0.1) is 6.92 Å². The molecule has 2 atom stereocenters. The summed E-state index contributed by atoms with van der Waals surface area (Å²) in [6.45, 7) is 3.12. The van der Waals surface area contributed by atoms with Crippen molar-refractivity contribution in [1.82, 2.24) is 25.5 Å². The molecule has 2 heterocycles. The molecule has 0 bridgehead atoms. The fourth-order valence-electron chi connectivity index (χ4n) is 2.64. The summed E-state index contributed by atoms with van der Waals surface area (Å²) in [5, 5.41) is 15.1. The minimum atomic E-state index is -0.194. The van der Waals surface area contributed by atoms with Gasteiger partial charge in [-0.25, -0.2) is 0 Å². The van der Waals surface area contributed by atoms with Crippen LogP contribution in [0.2, 0.25) is 0 Å². The Balaban J connectivity index is 1.59. The molecule has 128 valence electrons. The molecule has 1 amide bonds. The Morgan fingerprint density at radius 2 is 2.21 bits per heavy atom. The Hall–Kier alpha value is -2.32. The van der Waals surface area contributed by atoms with Crippen molar-refractivity contribution in [3.63, 3.8) is 0 Å². The fraction of sp³-hybridized carbons (Fsp3) is 0.500. The SMILES string of the molecule is CO[C@@H]1CCOC[C@H]1NC(=O)Cn1nnc(-c2ccc(C)cc2)n1. The standard InChI is InChI=1S/C16H21N5O3/c1-11-3-5-12(6-4-11)16-18-20-21(19-16)9-15(22)17-13-10-24-8-7-14(13)23-2/h3-6,13-14H,7-10H2,1-2H3,(H,17,22)/t13-,14-/m1/s1. The van der Waals surface area contributed by atoms with E-state index in [1.54, 1.807) is 7.11 Å². The van der Waals surface area contributed by atoms with Gasteiger partial charge < -0.3 is 14.8 Å². The van der Waals surface area contributed by atoms with E-state index in [9.17, 15) is 4.79 Å². The third-order valence-corrected chi connectivity index (χ3v) is 3.99. The third-order valence-electron chi connectivity index (χ3n) is 3.99. The number of aromatic nitrogens is 4. The van der Waals surface area contributed by atoms with E-state index in [0.29, 0.717) is 19.0 Å². The highest BCUT2D eigenvalue weighted by atomic mass is 16.5. The first-order chi connectivity index (χ1) is 11.7. The zero-order valence-corrected chi connectivity index (χ0v) is 13.8. The summed E-state index contributed by atoms with van der Waals surface area (Å²) in [7, 11) is 1.64. The molecule has 3 rings (SSSR count). The summed E-state index contributed by atoms with van der Waals surface area (Å²) in [6.07, 6.45) is 0.732. The number of ether oxygens (including phenoxy) is 2. The number of benzene rings is 1. The first-order valence-corrected chi connectivity index (χ1v) is 7.90. The van der Waals surface area contributed by atoms with Gasteiger partial charge in [0.05, 0.1) is 18.8 Å². The van der Waals surface area contributed by atoms with Gasteiger partial charge in [0.25, 0.3) is 0 Å². The van der Waals surface area contributed by atoms with Crippen LogP contribution in [0.3, 0.4) is 0 Å². The lowest BCUT2D eigenvalue weighted by Crippen LogP contribution is -2.51. The molecule has 0 aliphatic carbocycles. The predicted molar refractivity (Wildman–Crippen MR) is 86.2 cm³/mol. The lowest BCUT2D eigenvalue weighted by atomic mass is 10.1. The van der Waals surface area contributed by atoms with Gasteiger partial charge in [-0.3, -0.25) is 4.79 Å². The quantitative estimate of drug-likeness (QED) is 0.861. The third kappa shape index (κ3) is 3.95. The summed E-state index contributed by atoms with van der Waals surface area (Å²) in [5.41, 5.74) is 2.03. The summed E-state index contributed by atoms with van der Waals surface area (Å²) < 4.78 is 10.8. The highest BCUT2D eigenvalue weighted by molar-refractivity contribution is 5.76. The second-order valence-electron chi connectivity index (χ2n) is 5.82. The van der Waals surface area contributed by atoms with E-state index < -0.39 is 0 Å². The number of carbonyl (C=O) groups excluding carboxylic acids is 1. The molecular weight excluding hydrogens is 310 g/mol. The molecule has 24 heavy (non-hydrogen) atoms. The highest BCUT2D eigenvalue weighted by Crippen LogP contribution is 2.14. The van der Waals surface area contributed by atoms with Crippen LogP contribution >= 0.6 is 0 Å². The van der Waals surface area contributed by atoms with Crippen LogP contribution in [0.1, 0.15) is 12.0 Å². The Morgan fingerprint density at radius 3 is 2.96 bits per heavy atom. The molecule has 8 heteroatoms. The molecule has 0 radical (unpaired) electrons. The molecular formula is C16H21N5O3.